The molecule has 0 atom stereocenters. The molecule has 0 saturated carbocycles. The maximum absolute atomic E-state index is 10.8. The van der Waals surface area contributed by atoms with Crippen LogP contribution in [0.25, 0.3) is 5.57 Å². The van der Waals surface area contributed by atoms with E-state index in [1.165, 1.54) is 5.56 Å². The summed E-state index contributed by atoms with van der Waals surface area (Å²) in [4.78, 5) is 10.8. The smallest absolute Gasteiger partial charge is 0.307 e. The predicted molar refractivity (Wildman–Crippen MR) is 61.5 cm³/mol. The number of rotatable bonds is 3. The molecule has 0 saturated heterocycles. The zero-order chi connectivity index (χ0) is 11.5. The van der Waals surface area contributed by atoms with Crippen LogP contribution in [0.4, 0.5) is 0 Å². The third kappa shape index (κ3) is 1.94. The molecule has 0 radical (unpaired) electrons. The van der Waals surface area contributed by atoms with Crippen molar-refractivity contribution < 1.29 is 14.6 Å². The van der Waals surface area contributed by atoms with Gasteiger partial charge in [0, 0.05) is 5.56 Å². The van der Waals surface area contributed by atoms with Crippen LogP contribution in [0.2, 0.25) is 0 Å². The lowest BCUT2D eigenvalue weighted by Gasteiger charge is -2.19. The fourth-order valence-electron chi connectivity index (χ4n) is 2.15. The number of ether oxygens (including phenoxy) is 1. The molecule has 0 aliphatic heterocycles. The van der Waals surface area contributed by atoms with Crippen molar-refractivity contribution in [2.75, 3.05) is 7.11 Å². The van der Waals surface area contributed by atoms with E-state index < -0.39 is 5.97 Å². The van der Waals surface area contributed by atoms with Crippen molar-refractivity contribution in [3.05, 3.63) is 35.4 Å². The molecule has 3 heteroatoms. The lowest BCUT2D eigenvalue weighted by molar-refractivity contribution is -0.135. The van der Waals surface area contributed by atoms with Crippen LogP contribution in [-0.4, -0.2) is 18.2 Å². The van der Waals surface area contributed by atoms with Gasteiger partial charge in [-0.2, -0.15) is 0 Å². The second-order valence-corrected chi connectivity index (χ2v) is 3.83. The van der Waals surface area contributed by atoms with Gasteiger partial charge >= 0.3 is 5.97 Å². The highest BCUT2D eigenvalue weighted by Crippen LogP contribution is 2.35. The standard InChI is InChI=1S/C13H14O3/c1-16-11-7-3-5-9-4-2-6-10(13(9)11)8-12(14)15/h3,5-7H,2,4,8H2,1H3,(H,14,15). The molecule has 0 fully saturated rings. The van der Waals surface area contributed by atoms with E-state index in [9.17, 15) is 4.79 Å². The Bertz CT molecular complexity index is 446. The van der Waals surface area contributed by atoms with E-state index in [0.717, 1.165) is 29.7 Å². The fourth-order valence-corrected chi connectivity index (χ4v) is 2.15. The van der Waals surface area contributed by atoms with E-state index in [-0.39, 0.29) is 6.42 Å². The van der Waals surface area contributed by atoms with Gasteiger partial charge < -0.3 is 9.84 Å². The summed E-state index contributed by atoms with van der Waals surface area (Å²) in [5.41, 5.74) is 3.02. The van der Waals surface area contributed by atoms with Crippen molar-refractivity contribution in [1.29, 1.82) is 0 Å². The molecule has 0 heterocycles. The second kappa shape index (κ2) is 4.39. The Morgan fingerprint density at radius 1 is 1.50 bits per heavy atom. The number of benzene rings is 1. The summed E-state index contributed by atoms with van der Waals surface area (Å²) < 4.78 is 5.29. The van der Waals surface area contributed by atoms with E-state index in [1.54, 1.807) is 7.11 Å². The van der Waals surface area contributed by atoms with Crippen LogP contribution in [0.3, 0.4) is 0 Å². The lowest BCUT2D eigenvalue weighted by Crippen LogP contribution is -2.06. The van der Waals surface area contributed by atoms with Gasteiger partial charge in [-0.15, -0.1) is 0 Å². The number of fused-ring (bicyclic) bond motifs is 1. The van der Waals surface area contributed by atoms with Gasteiger partial charge in [-0.25, -0.2) is 0 Å². The maximum Gasteiger partial charge on any atom is 0.307 e. The monoisotopic (exact) mass is 218 g/mol. The van der Waals surface area contributed by atoms with E-state index in [0.29, 0.717) is 0 Å². The molecule has 0 bridgehead atoms. The number of carboxylic acid groups (broad SMARTS) is 1. The van der Waals surface area contributed by atoms with Crippen LogP contribution >= 0.6 is 0 Å². The third-order valence-electron chi connectivity index (χ3n) is 2.80. The zero-order valence-corrected chi connectivity index (χ0v) is 9.19. The number of hydrogen-bond acceptors (Lipinski definition) is 2. The second-order valence-electron chi connectivity index (χ2n) is 3.83. The molecule has 1 aromatic carbocycles. The van der Waals surface area contributed by atoms with Crippen LogP contribution in [0.15, 0.2) is 24.3 Å². The number of hydrogen-bond donors (Lipinski definition) is 1. The van der Waals surface area contributed by atoms with Gasteiger partial charge in [-0.3, -0.25) is 4.79 Å². The highest BCUT2D eigenvalue weighted by Gasteiger charge is 2.18. The minimum Gasteiger partial charge on any atom is -0.496 e. The Balaban J connectivity index is 2.46. The number of methoxy groups -OCH3 is 1. The molecule has 0 spiro atoms. The molecule has 0 unspecified atom stereocenters. The summed E-state index contributed by atoms with van der Waals surface area (Å²) in [7, 11) is 1.61. The summed E-state index contributed by atoms with van der Waals surface area (Å²) in [5.74, 6) is -0.0327. The molecule has 0 amide bonds. The largest absolute Gasteiger partial charge is 0.496 e. The molecular formula is C13H14O3. The molecular weight excluding hydrogens is 204 g/mol. The van der Waals surface area contributed by atoms with Gasteiger partial charge in [0.2, 0.25) is 0 Å². The van der Waals surface area contributed by atoms with E-state index >= 15 is 0 Å². The Labute approximate surface area is 94.4 Å². The number of aryl methyl sites for hydroxylation is 1. The van der Waals surface area contributed by atoms with Gasteiger partial charge in [-0.1, -0.05) is 18.2 Å². The molecule has 0 aromatic heterocycles. The van der Waals surface area contributed by atoms with Crippen LogP contribution in [0, 0.1) is 0 Å². The van der Waals surface area contributed by atoms with Crippen LogP contribution < -0.4 is 4.74 Å². The minimum atomic E-state index is -0.801. The highest BCUT2D eigenvalue weighted by molar-refractivity contribution is 5.87. The maximum atomic E-state index is 10.8. The summed E-state index contributed by atoms with van der Waals surface area (Å²) in [5, 5.41) is 8.87. The van der Waals surface area contributed by atoms with Gasteiger partial charge in [0.15, 0.2) is 0 Å². The van der Waals surface area contributed by atoms with Gasteiger partial charge in [0.05, 0.1) is 13.5 Å². The highest BCUT2D eigenvalue weighted by atomic mass is 16.5. The normalized spacial score (nSPS) is 13.9. The lowest BCUT2D eigenvalue weighted by atomic mass is 9.88. The Hall–Kier alpha value is -1.77. The molecule has 1 aliphatic carbocycles. The van der Waals surface area contributed by atoms with Crippen molar-refractivity contribution in [3.8, 4) is 5.75 Å². The predicted octanol–water partition coefficient (Wildman–Crippen LogP) is 2.50. The average molecular weight is 218 g/mol. The average Bonchev–Trinajstić information content (AvgIpc) is 2.28. The van der Waals surface area contributed by atoms with Crippen molar-refractivity contribution >= 4 is 11.5 Å². The third-order valence-corrected chi connectivity index (χ3v) is 2.80. The van der Waals surface area contributed by atoms with Crippen LogP contribution in [-0.2, 0) is 11.2 Å². The Kier molecular flexibility index (Phi) is 2.95. The summed E-state index contributed by atoms with van der Waals surface area (Å²) in [6.45, 7) is 0. The quantitative estimate of drug-likeness (QED) is 0.847. The Morgan fingerprint density at radius 3 is 3.00 bits per heavy atom. The zero-order valence-electron chi connectivity index (χ0n) is 9.19. The van der Waals surface area contributed by atoms with E-state index in [1.807, 2.05) is 24.3 Å². The minimum absolute atomic E-state index is 0.0629. The first kappa shape index (κ1) is 10.7. The van der Waals surface area contributed by atoms with Gasteiger partial charge in [-0.05, 0) is 30.0 Å². The van der Waals surface area contributed by atoms with E-state index in [2.05, 4.69) is 0 Å². The summed E-state index contributed by atoms with van der Waals surface area (Å²) in [6.07, 6.45) is 3.92. The van der Waals surface area contributed by atoms with Gasteiger partial charge in [0.1, 0.15) is 5.75 Å². The summed E-state index contributed by atoms with van der Waals surface area (Å²) >= 11 is 0. The van der Waals surface area contributed by atoms with Crippen molar-refractivity contribution in [3.63, 3.8) is 0 Å². The molecule has 1 N–H and O–H groups in total. The fraction of sp³-hybridized carbons (Fsp3) is 0.308. The molecule has 2 rings (SSSR count). The molecule has 16 heavy (non-hydrogen) atoms. The Morgan fingerprint density at radius 2 is 2.31 bits per heavy atom. The number of carbonyl (C=O) groups is 1. The van der Waals surface area contributed by atoms with E-state index in [4.69, 9.17) is 9.84 Å². The van der Waals surface area contributed by atoms with Crippen molar-refractivity contribution in [2.24, 2.45) is 0 Å². The molecule has 1 aromatic rings. The molecule has 3 nitrogen and oxygen atoms in total. The first-order valence-corrected chi connectivity index (χ1v) is 5.29. The van der Waals surface area contributed by atoms with Gasteiger partial charge in [0.25, 0.3) is 0 Å². The molecule has 84 valence electrons. The number of carboxylic acids is 1. The number of aliphatic carboxylic acids is 1. The molecule has 1 aliphatic rings. The van der Waals surface area contributed by atoms with Crippen molar-refractivity contribution in [1.82, 2.24) is 0 Å². The number of allylic oxidation sites excluding steroid dienone is 1. The summed E-state index contributed by atoms with van der Waals surface area (Å²) in [6, 6.07) is 5.86. The topological polar surface area (TPSA) is 46.5 Å². The SMILES string of the molecule is COc1cccc2c1C(CC(=O)O)=CCC2. The van der Waals surface area contributed by atoms with Crippen LogP contribution in [0.5, 0.6) is 5.75 Å². The first-order chi connectivity index (χ1) is 7.72. The van der Waals surface area contributed by atoms with Crippen molar-refractivity contribution in [2.45, 2.75) is 19.3 Å². The van der Waals surface area contributed by atoms with Crippen LogP contribution in [0.1, 0.15) is 24.0 Å². The first-order valence-electron chi connectivity index (χ1n) is 5.29.